The maximum Gasteiger partial charge on any atom is 0.254 e. The van der Waals surface area contributed by atoms with Crippen LogP contribution in [0.1, 0.15) is 46.0 Å². The Morgan fingerprint density at radius 3 is 2.80 bits per heavy atom. The van der Waals surface area contributed by atoms with E-state index in [1.807, 2.05) is 6.07 Å². The number of aryl methyl sites for hydroxylation is 2. The predicted molar refractivity (Wildman–Crippen MR) is 107 cm³/mol. The lowest BCUT2D eigenvalue weighted by atomic mass is 10.00. The Labute approximate surface area is 173 Å². The maximum absolute atomic E-state index is 14.0. The van der Waals surface area contributed by atoms with Crippen LogP contribution in [-0.2, 0) is 13.6 Å². The number of nitriles is 1. The van der Waals surface area contributed by atoms with E-state index in [0.29, 0.717) is 45.1 Å². The summed E-state index contributed by atoms with van der Waals surface area (Å²) in [7, 11) is 3.33. The van der Waals surface area contributed by atoms with Crippen molar-refractivity contribution in [3.05, 3.63) is 64.5 Å². The van der Waals surface area contributed by atoms with Crippen LogP contribution in [0.2, 0.25) is 0 Å². The van der Waals surface area contributed by atoms with Gasteiger partial charge in [0.1, 0.15) is 29.4 Å². The van der Waals surface area contributed by atoms with Crippen molar-refractivity contribution in [3.8, 4) is 22.9 Å². The van der Waals surface area contributed by atoms with E-state index in [1.54, 1.807) is 34.1 Å². The highest BCUT2D eigenvalue weighted by molar-refractivity contribution is 5.95. The lowest BCUT2D eigenvalue weighted by Crippen LogP contribution is -2.28. The standard InChI is InChI=1S/C22H20FN5O2/c1-12-20-7-14(10-25-12)21-18(26-28(4)19(21)9-24)11-27(3)22(29)16-6-5-15(23)8-17(16)13(2)30-20/h5-8,10,13H,11H2,1-4H3/t13-/m1/s1. The normalized spacial score (nSPS) is 15.9. The molecule has 2 bridgehead atoms. The molecule has 1 amide bonds. The quantitative estimate of drug-likeness (QED) is 0.571. The second-order valence-corrected chi connectivity index (χ2v) is 7.37. The summed E-state index contributed by atoms with van der Waals surface area (Å²) < 4.78 is 21.6. The number of carbonyl (C=O) groups excluding carboxylic acids is 1. The molecule has 0 spiro atoms. The molecule has 1 aliphatic rings. The molecule has 0 radical (unpaired) electrons. The van der Waals surface area contributed by atoms with Crippen LogP contribution in [0.3, 0.4) is 0 Å². The molecular formula is C22H20FN5O2. The van der Waals surface area contributed by atoms with Crippen LogP contribution < -0.4 is 4.74 Å². The number of hydrogen-bond donors (Lipinski definition) is 0. The van der Waals surface area contributed by atoms with Crippen molar-refractivity contribution in [2.24, 2.45) is 7.05 Å². The first-order chi connectivity index (χ1) is 14.3. The number of benzene rings is 1. The van der Waals surface area contributed by atoms with Gasteiger partial charge >= 0.3 is 0 Å². The number of rotatable bonds is 0. The molecular weight excluding hydrogens is 385 g/mol. The molecule has 0 aliphatic carbocycles. The Bertz CT molecular complexity index is 1210. The number of hydrogen-bond acceptors (Lipinski definition) is 5. The Morgan fingerprint density at radius 2 is 2.07 bits per heavy atom. The molecule has 2 aromatic heterocycles. The maximum atomic E-state index is 14.0. The lowest BCUT2D eigenvalue weighted by molar-refractivity contribution is 0.0778. The van der Waals surface area contributed by atoms with E-state index in [0.717, 1.165) is 0 Å². The number of halogens is 1. The fourth-order valence-corrected chi connectivity index (χ4v) is 3.71. The van der Waals surface area contributed by atoms with Gasteiger partial charge in [-0.2, -0.15) is 10.4 Å². The molecule has 1 aromatic carbocycles. The van der Waals surface area contributed by atoms with Crippen molar-refractivity contribution in [2.45, 2.75) is 26.5 Å². The van der Waals surface area contributed by atoms with Crippen LogP contribution in [0.25, 0.3) is 11.1 Å². The van der Waals surface area contributed by atoms with Gasteiger partial charge in [0.15, 0.2) is 0 Å². The van der Waals surface area contributed by atoms with Crippen molar-refractivity contribution >= 4 is 5.91 Å². The van der Waals surface area contributed by atoms with E-state index in [-0.39, 0.29) is 12.5 Å². The molecule has 4 rings (SSSR count). The highest BCUT2D eigenvalue weighted by Gasteiger charge is 2.26. The highest BCUT2D eigenvalue weighted by Crippen LogP contribution is 2.34. The van der Waals surface area contributed by atoms with Gasteiger partial charge in [-0.25, -0.2) is 4.39 Å². The third kappa shape index (κ3) is 3.18. The fourth-order valence-electron chi connectivity index (χ4n) is 3.71. The Balaban J connectivity index is 1.98. The van der Waals surface area contributed by atoms with Crippen LogP contribution in [0.15, 0.2) is 30.5 Å². The van der Waals surface area contributed by atoms with Crippen LogP contribution >= 0.6 is 0 Å². The van der Waals surface area contributed by atoms with Crippen molar-refractivity contribution < 1.29 is 13.9 Å². The SMILES string of the molecule is Cc1ncc2cc1O[C@H](C)c1cc(F)ccc1C(=O)N(C)Cc1nn(C)c(C#N)c1-2. The van der Waals surface area contributed by atoms with Gasteiger partial charge in [0, 0.05) is 42.5 Å². The van der Waals surface area contributed by atoms with Crippen molar-refractivity contribution in [1.29, 1.82) is 5.26 Å². The van der Waals surface area contributed by atoms with E-state index in [1.165, 1.54) is 27.8 Å². The first-order valence-corrected chi connectivity index (χ1v) is 9.44. The van der Waals surface area contributed by atoms with Gasteiger partial charge < -0.3 is 9.64 Å². The molecule has 8 heteroatoms. The zero-order valence-corrected chi connectivity index (χ0v) is 17.1. The number of pyridine rings is 1. The minimum Gasteiger partial charge on any atom is -0.484 e. The van der Waals surface area contributed by atoms with Crippen molar-refractivity contribution in [3.63, 3.8) is 0 Å². The monoisotopic (exact) mass is 405 g/mol. The Kier molecular flexibility index (Phi) is 4.74. The van der Waals surface area contributed by atoms with Crippen LogP contribution in [0.5, 0.6) is 5.75 Å². The predicted octanol–water partition coefficient (Wildman–Crippen LogP) is 3.53. The molecule has 0 N–H and O–H groups in total. The number of amides is 1. The van der Waals surface area contributed by atoms with Crippen molar-refractivity contribution in [1.82, 2.24) is 19.7 Å². The average molecular weight is 405 g/mol. The Hall–Kier alpha value is -3.73. The first-order valence-electron chi connectivity index (χ1n) is 9.44. The summed E-state index contributed by atoms with van der Waals surface area (Å²) >= 11 is 0. The summed E-state index contributed by atoms with van der Waals surface area (Å²) in [5, 5.41) is 14.1. The molecule has 7 nitrogen and oxygen atoms in total. The third-order valence-corrected chi connectivity index (χ3v) is 5.27. The van der Waals surface area contributed by atoms with Gasteiger partial charge in [-0.1, -0.05) is 0 Å². The highest BCUT2D eigenvalue weighted by atomic mass is 19.1. The molecule has 0 fully saturated rings. The summed E-state index contributed by atoms with van der Waals surface area (Å²) in [6.07, 6.45) is 1.07. The Morgan fingerprint density at radius 1 is 1.30 bits per heavy atom. The third-order valence-electron chi connectivity index (χ3n) is 5.27. The molecule has 0 saturated carbocycles. The van der Waals surface area contributed by atoms with E-state index < -0.39 is 11.9 Å². The number of aromatic nitrogens is 3. The van der Waals surface area contributed by atoms with Gasteiger partial charge in [-0.05, 0) is 38.1 Å². The van der Waals surface area contributed by atoms with E-state index >= 15 is 0 Å². The minimum absolute atomic E-state index is 0.180. The molecule has 3 aromatic rings. The van der Waals surface area contributed by atoms with Gasteiger partial charge in [0.25, 0.3) is 5.91 Å². The summed E-state index contributed by atoms with van der Waals surface area (Å²) in [5.41, 5.74) is 3.68. The fraction of sp³-hybridized carbons (Fsp3) is 0.273. The smallest absolute Gasteiger partial charge is 0.254 e. The largest absolute Gasteiger partial charge is 0.484 e. The second kappa shape index (κ2) is 7.26. The number of carbonyl (C=O) groups is 1. The van der Waals surface area contributed by atoms with Gasteiger partial charge in [0.05, 0.1) is 17.9 Å². The molecule has 1 aliphatic heterocycles. The van der Waals surface area contributed by atoms with Crippen LogP contribution in [-0.4, -0.2) is 32.6 Å². The molecule has 3 heterocycles. The molecule has 152 valence electrons. The number of nitrogens with zero attached hydrogens (tertiary/aromatic N) is 5. The van der Waals surface area contributed by atoms with Gasteiger partial charge in [-0.3, -0.25) is 14.5 Å². The van der Waals surface area contributed by atoms with Crippen LogP contribution in [0, 0.1) is 24.1 Å². The first kappa shape index (κ1) is 19.6. The summed E-state index contributed by atoms with van der Waals surface area (Å²) in [5.74, 6) is -0.231. The van der Waals surface area contributed by atoms with E-state index in [2.05, 4.69) is 16.2 Å². The van der Waals surface area contributed by atoms with Crippen LogP contribution in [0.4, 0.5) is 4.39 Å². The van der Waals surface area contributed by atoms with E-state index in [9.17, 15) is 14.4 Å². The molecule has 0 unspecified atom stereocenters. The summed E-state index contributed by atoms with van der Waals surface area (Å²) in [4.78, 5) is 19.1. The zero-order valence-electron chi connectivity index (χ0n) is 17.1. The molecule has 1 atom stereocenters. The molecule has 30 heavy (non-hydrogen) atoms. The summed E-state index contributed by atoms with van der Waals surface area (Å²) in [6, 6.07) is 8.04. The van der Waals surface area contributed by atoms with E-state index in [4.69, 9.17) is 4.74 Å². The second-order valence-electron chi connectivity index (χ2n) is 7.37. The minimum atomic E-state index is -0.591. The topological polar surface area (TPSA) is 84.0 Å². The number of ether oxygens (including phenoxy) is 1. The van der Waals surface area contributed by atoms with Gasteiger partial charge in [0.2, 0.25) is 0 Å². The molecule has 0 saturated heterocycles. The summed E-state index contributed by atoms with van der Waals surface area (Å²) in [6.45, 7) is 3.75. The number of fused-ring (bicyclic) bond motifs is 5. The van der Waals surface area contributed by atoms with Gasteiger partial charge in [-0.15, -0.1) is 0 Å². The van der Waals surface area contributed by atoms with Crippen molar-refractivity contribution in [2.75, 3.05) is 7.05 Å². The average Bonchev–Trinajstić information content (AvgIpc) is 3.03. The zero-order chi connectivity index (χ0) is 21.6. The lowest BCUT2D eigenvalue weighted by Gasteiger charge is -2.23.